The fourth-order valence-corrected chi connectivity index (χ4v) is 1.69. The number of hydrogen-bond acceptors (Lipinski definition) is 5. The van der Waals surface area contributed by atoms with Crippen LogP contribution >= 0.6 is 0 Å². The van der Waals surface area contributed by atoms with Crippen LogP contribution in [0.5, 0.6) is 11.5 Å². The quantitative estimate of drug-likeness (QED) is 0.660. The molecule has 5 nitrogen and oxygen atoms in total. The molecule has 0 aliphatic carbocycles. The number of carbonyl (C=O) groups is 1. The first-order valence-electron chi connectivity index (χ1n) is 5.98. The van der Waals surface area contributed by atoms with Crippen molar-refractivity contribution in [3.05, 3.63) is 53.6 Å². The molecule has 5 heteroatoms. The van der Waals surface area contributed by atoms with Crippen molar-refractivity contribution in [2.75, 3.05) is 12.8 Å². The molecule has 2 aromatic carbocycles. The Labute approximate surface area is 116 Å². The summed E-state index contributed by atoms with van der Waals surface area (Å²) in [4.78, 5) is 11.9. The van der Waals surface area contributed by atoms with E-state index in [1.807, 2.05) is 0 Å². The van der Waals surface area contributed by atoms with Gasteiger partial charge in [0.1, 0.15) is 18.1 Å². The highest BCUT2D eigenvalue weighted by atomic mass is 16.5. The predicted molar refractivity (Wildman–Crippen MR) is 74.6 cm³/mol. The zero-order chi connectivity index (χ0) is 14.5. The maximum atomic E-state index is 11.9. The average molecular weight is 273 g/mol. The Hall–Kier alpha value is -2.69. The fraction of sp³-hybridized carbons (Fsp3) is 0.133. The van der Waals surface area contributed by atoms with Crippen molar-refractivity contribution in [1.29, 1.82) is 0 Å². The number of methoxy groups -OCH3 is 1. The van der Waals surface area contributed by atoms with E-state index in [1.165, 1.54) is 25.3 Å². The monoisotopic (exact) mass is 273 g/mol. The van der Waals surface area contributed by atoms with Gasteiger partial charge in [0.25, 0.3) is 0 Å². The van der Waals surface area contributed by atoms with E-state index in [9.17, 15) is 4.79 Å². The Kier molecular flexibility index (Phi) is 4.10. The summed E-state index contributed by atoms with van der Waals surface area (Å²) in [7, 11) is 1.51. The maximum Gasteiger partial charge on any atom is 0.338 e. The molecule has 20 heavy (non-hydrogen) atoms. The third-order valence-corrected chi connectivity index (χ3v) is 2.77. The van der Waals surface area contributed by atoms with Crippen LogP contribution in [0.3, 0.4) is 0 Å². The molecule has 0 saturated carbocycles. The summed E-state index contributed by atoms with van der Waals surface area (Å²) in [5, 5.41) is 9.16. The van der Waals surface area contributed by atoms with E-state index < -0.39 is 5.97 Å². The number of benzene rings is 2. The third-order valence-electron chi connectivity index (χ3n) is 2.77. The number of aromatic hydroxyl groups is 1. The first-order valence-corrected chi connectivity index (χ1v) is 5.98. The molecule has 0 bridgehead atoms. The van der Waals surface area contributed by atoms with Gasteiger partial charge in [0.05, 0.1) is 18.4 Å². The molecule has 2 aromatic rings. The summed E-state index contributed by atoms with van der Waals surface area (Å²) >= 11 is 0. The van der Waals surface area contributed by atoms with Gasteiger partial charge in [-0.2, -0.15) is 0 Å². The van der Waals surface area contributed by atoms with Crippen LogP contribution in [-0.4, -0.2) is 18.2 Å². The molecule has 0 heterocycles. The number of carbonyl (C=O) groups excluding carboxylic acids is 1. The standard InChI is InChI=1S/C15H15NO4/c1-19-14-7-4-11(8-13(14)16)15(18)20-9-10-2-5-12(17)6-3-10/h2-8,17H,9,16H2,1H3. The van der Waals surface area contributed by atoms with E-state index in [2.05, 4.69) is 0 Å². The van der Waals surface area contributed by atoms with Gasteiger partial charge in [-0.05, 0) is 35.9 Å². The van der Waals surface area contributed by atoms with Gasteiger partial charge in [-0.15, -0.1) is 0 Å². The van der Waals surface area contributed by atoms with Crippen LogP contribution in [-0.2, 0) is 11.3 Å². The molecule has 0 aliphatic heterocycles. The lowest BCUT2D eigenvalue weighted by Crippen LogP contribution is -2.06. The van der Waals surface area contributed by atoms with E-state index in [4.69, 9.17) is 20.3 Å². The highest BCUT2D eigenvalue weighted by molar-refractivity contribution is 5.91. The highest BCUT2D eigenvalue weighted by Gasteiger charge is 2.10. The number of phenols is 1. The molecule has 0 fully saturated rings. The van der Waals surface area contributed by atoms with Crippen LogP contribution < -0.4 is 10.5 Å². The van der Waals surface area contributed by atoms with Crippen molar-refractivity contribution < 1.29 is 19.4 Å². The average Bonchev–Trinajstić information content (AvgIpc) is 2.46. The molecule has 0 spiro atoms. The van der Waals surface area contributed by atoms with Gasteiger partial charge in [-0.1, -0.05) is 12.1 Å². The van der Waals surface area contributed by atoms with E-state index in [1.54, 1.807) is 24.3 Å². The number of nitrogens with two attached hydrogens (primary N) is 1. The first-order chi connectivity index (χ1) is 9.60. The molecular formula is C15H15NO4. The van der Waals surface area contributed by atoms with Gasteiger partial charge in [0, 0.05) is 0 Å². The molecule has 0 saturated heterocycles. The number of rotatable bonds is 4. The van der Waals surface area contributed by atoms with Crippen LogP contribution in [0.4, 0.5) is 5.69 Å². The zero-order valence-electron chi connectivity index (χ0n) is 11.0. The Bertz CT molecular complexity index is 608. The molecule has 3 N–H and O–H groups in total. The molecule has 0 amide bonds. The SMILES string of the molecule is COc1ccc(C(=O)OCc2ccc(O)cc2)cc1N. The number of hydrogen-bond donors (Lipinski definition) is 2. The predicted octanol–water partition coefficient (Wildman–Crippen LogP) is 2.34. The summed E-state index contributed by atoms with van der Waals surface area (Å²) in [6, 6.07) is 11.2. The van der Waals surface area contributed by atoms with Crippen LogP contribution in [0.2, 0.25) is 0 Å². The molecular weight excluding hydrogens is 258 g/mol. The molecule has 104 valence electrons. The Morgan fingerprint density at radius 1 is 1.20 bits per heavy atom. The second kappa shape index (κ2) is 5.97. The van der Waals surface area contributed by atoms with Gasteiger partial charge in [0.15, 0.2) is 0 Å². The number of nitrogen functional groups attached to an aromatic ring is 1. The van der Waals surface area contributed by atoms with Crippen LogP contribution in [0.25, 0.3) is 0 Å². The topological polar surface area (TPSA) is 81.8 Å². The second-order valence-electron chi connectivity index (χ2n) is 4.20. The Balaban J connectivity index is 2.01. The summed E-state index contributed by atoms with van der Waals surface area (Å²) in [6.45, 7) is 0.130. The van der Waals surface area contributed by atoms with Crippen molar-refractivity contribution in [1.82, 2.24) is 0 Å². The van der Waals surface area contributed by atoms with E-state index in [0.717, 1.165) is 5.56 Å². The normalized spacial score (nSPS) is 10.1. The lowest BCUT2D eigenvalue weighted by Gasteiger charge is -2.08. The number of ether oxygens (including phenoxy) is 2. The maximum absolute atomic E-state index is 11.9. The molecule has 2 rings (SSSR count). The van der Waals surface area contributed by atoms with Gasteiger partial charge >= 0.3 is 5.97 Å². The lowest BCUT2D eigenvalue weighted by atomic mass is 10.2. The van der Waals surface area contributed by atoms with Crippen LogP contribution in [0.1, 0.15) is 15.9 Å². The zero-order valence-corrected chi connectivity index (χ0v) is 11.0. The first kappa shape index (κ1) is 13.7. The van der Waals surface area contributed by atoms with Crippen molar-refractivity contribution in [3.8, 4) is 11.5 Å². The minimum absolute atomic E-state index is 0.130. The summed E-state index contributed by atoms with van der Waals surface area (Å²) in [5.74, 6) is 0.218. The van der Waals surface area contributed by atoms with Crippen molar-refractivity contribution in [2.45, 2.75) is 6.61 Å². The molecule has 0 aliphatic rings. The van der Waals surface area contributed by atoms with Crippen molar-refractivity contribution in [2.24, 2.45) is 0 Å². The summed E-state index contributed by atoms with van der Waals surface area (Å²) in [6.07, 6.45) is 0. The third kappa shape index (κ3) is 3.20. The minimum Gasteiger partial charge on any atom is -0.508 e. The second-order valence-corrected chi connectivity index (χ2v) is 4.20. The highest BCUT2D eigenvalue weighted by Crippen LogP contribution is 2.22. The van der Waals surface area contributed by atoms with E-state index in [-0.39, 0.29) is 12.4 Å². The summed E-state index contributed by atoms with van der Waals surface area (Å²) < 4.78 is 10.2. The number of anilines is 1. The molecule has 0 radical (unpaired) electrons. The van der Waals surface area contributed by atoms with E-state index in [0.29, 0.717) is 17.0 Å². The lowest BCUT2D eigenvalue weighted by molar-refractivity contribution is 0.0473. The molecule has 0 unspecified atom stereocenters. The van der Waals surface area contributed by atoms with E-state index >= 15 is 0 Å². The molecule has 0 aromatic heterocycles. The minimum atomic E-state index is -0.465. The largest absolute Gasteiger partial charge is 0.508 e. The number of phenolic OH excluding ortho intramolecular Hbond substituents is 1. The van der Waals surface area contributed by atoms with Crippen molar-refractivity contribution >= 4 is 11.7 Å². The summed E-state index contributed by atoms with van der Waals surface area (Å²) in [5.41, 5.74) is 7.27. The van der Waals surface area contributed by atoms with Crippen molar-refractivity contribution in [3.63, 3.8) is 0 Å². The Morgan fingerprint density at radius 3 is 2.50 bits per heavy atom. The smallest absolute Gasteiger partial charge is 0.338 e. The van der Waals surface area contributed by atoms with Gasteiger partial charge < -0.3 is 20.3 Å². The number of esters is 1. The fourth-order valence-electron chi connectivity index (χ4n) is 1.69. The van der Waals surface area contributed by atoms with Gasteiger partial charge in [-0.25, -0.2) is 4.79 Å². The Morgan fingerprint density at radius 2 is 1.90 bits per heavy atom. The van der Waals surface area contributed by atoms with Crippen LogP contribution in [0, 0.1) is 0 Å². The van der Waals surface area contributed by atoms with Gasteiger partial charge in [-0.3, -0.25) is 0 Å². The van der Waals surface area contributed by atoms with Crippen LogP contribution in [0.15, 0.2) is 42.5 Å². The van der Waals surface area contributed by atoms with Gasteiger partial charge in [0.2, 0.25) is 0 Å². The molecule has 0 atom stereocenters.